The average molecular weight is 404 g/mol. The zero-order valence-electron chi connectivity index (χ0n) is 18.5. The van der Waals surface area contributed by atoms with Gasteiger partial charge >= 0.3 is 0 Å². The minimum atomic E-state index is 0.0498. The first-order valence-corrected chi connectivity index (χ1v) is 10.8. The Kier molecular flexibility index (Phi) is 7.53. The monoisotopic (exact) mass is 403 g/mol. The van der Waals surface area contributed by atoms with Gasteiger partial charge in [-0.3, -0.25) is 0 Å². The van der Waals surface area contributed by atoms with Gasteiger partial charge in [-0.05, 0) is 44.4 Å². The summed E-state index contributed by atoms with van der Waals surface area (Å²) in [4.78, 5) is 0. The van der Waals surface area contributed by atoms with Crippen molar-refractivity contribution in [2.75, 3.05) is 7.11 Å². The number of benzene rings is 3. The van der Waals surface area contributed by atoms with Gasteiger partial charge in [0.05, 0.1) is 7.11 Å². The molecule has 3 heteroatoms. The fourth-order valence-electron chi connectivity index (χ4n) is 4.05. The number of hydrogen-bond donors (Lipinski definition) is 2. The average Bonchev–Trinajstić information content (AvgIpc) is 2.75. The highest BCUT2D eigenvalue weighted by atomic mass is 16.5. The Morgan fingerprint density at radius 2 is 1.53 bits per heavy atom. The van der Waals surface area contributed by atoms with E-state index in [0.29, 0.717) is 5.75 Å². The molecule has 0 saturated carbocycles. The summed E-state index contributed by atoms with van der Waals surface area (Å²) in [6.07, 6.45) is 2.80. The molecule has 158 valence electrons. The Labute approximate surface area is 180 Å². The van der Waals surface area contributed by atoms with Gasteiger partial charge in [-0.15, -0.1) is 0 Å². The van der Waals surface area contributed by atoms with Crippen LogP contribution in [0.1, 0.15) is 59.7 Å². The second-order valence-electron chi connectivity index (χ2n) is 8.06. The highest BCUT2D eigenvalue weighted by Crippen LogP contribution is 2.34. The summed E-state index contributed by atoms with van der Waals surface area (Å²) in [6, 6.07) is 22.8. The summed E-state index contributed by atoms with van der Waals surface area (Å²) in [5.74, 6) is 1.24. The number of aromatic hydroxyl groups is 1. The SMILES string of the molecule is CCC[C@@H](N[C@@H](Cc1ccccc1)c1cc(C)ccc1OC)c1cc(C)ccc1O. The number of ether oxygens (including phenoxy) is 1. The molecule has 0 aliphatic carbocycles. The predicted octanol–water partition coefficient (Wildman–Crippen LogP) is 6.43. The molecule has 30 heavy (non-hydrogen) atoms. The minimum Gasteiger partial charge on any atom is -0.508 e. The second-order valence-corrected chi connectivity index (χ2v) is 8.06. The summed E-state index contributed by atoms with van der Waals surface area (Å²) >= 11 is 0. The first kappa shape index (κ1) is 21.9. The molecule has 0 aromatic heterocycles. The van der Waals surface area contributed by atoms with Crippen LogP contribution in [-0.4, -0.2) is 12.2 Å². The minimum absolute atomic E-state index is 0.0498. The van der Waals surface area contributed by atoms with Crippen molar-refractivity contribution in [1.29, 1.82) is 0 Å². The van der Waals surface area contributed by atoms with E-state index in [1.165, 1.54) is 11.1 Å². The molecule has 3 aromatic rings. The van der Waals surface area contributed by atoms with Crippen molar-refractivity contribution in [2.24, 2.45) is 0 Å². The van der Waals surface area contributed by atoms with Crippen LogP contribution in [0.4, 0.5) is 0 Å². The zero-order chi connectivity index (χ0) is 21.5. The van der Waals surface area contributed by atoms with E-state index in [4.69, 9.17) is 4.74 Å². The van der Waals surface area contributed by atoms with Gasteiger partial charge in [0.2, 0.25) is 0 Å². The van der Waals surface area contributed by atoms with E-state index in [-0.39, 0.29) is 12.1 Å². The van der Waals surface area contributed by atoms with Gasteiger partial charge in [-0.1, -0.05) is 79.1 Å². The Bertz CT molecular complexity index is 952. The summed E-state index contributed by atoms with van der Waals surface area (Å²) < 4.78 is 5.72. The lowest BCUT2D eigenvalue weighted by molar-refractivity contribution is 0.372. The lowest BCUT2D eigenvalue weighted by Crippen LogP contribution is -2.29. The Balaban J connectivity index is 2.02. The van der Waals surface area contributed by atoms with Crippen molar-refractivity contribution >= 4 is 0 Å². The van der Waals surface area contributed by atoms with Crippen LogP contribution in [0.25, 0.3) is 0 Å². The molecule has 0 aliphatic rings. The summed E-state index contributed by atoms with van der Waals surface area (Å²) in [5.41, 5.74) is 5.73. The fourth-order valence-corrected chi connectivity index (χ4v) is 4.05. The molecule has 3 aromatic carbocycles. The topological polar surface area (TPSA) is 41.5 Å². The molecule has 0 radical (unpaired) electrons. The van der Waals surface area contributed by atoms with E-state index < -0.39 is 0 Å². The lowest BCUT2D eigenvalue weighted by atomic mass is 9.93. The van der Waals surface area contributed by atoms with Crippen LogP contribution in [0.15, 0.2) is 66.7 Å². The Hall–Kier alpha value is -2.78. The Morgan fingerprint density at radius 1 is 0.867 bits per heavy atom. The first-order valence-electron chi connectivity index (χ1n) is 10.8. The van der Waals surface area contributed by atoms with E-state index >= 15 is 0 Å². The molecule has 0 heterocycles. The standard InChI is InChI=1S/C27H33NO2/c1-5-9-24(22-16-19(2)12-14-26(22)29)28-25(18-21-10-7-6-8-11-21)23-17-20(3)13-15-27(23)30-4/h6-8,10-17,24-25,28-29H,5,9,18H2,1-4H3/t24-,25+/m1/s1. The van der Waals surface area contributed by atoms with Crippen molar-refractivity contribution in [3.8, 4) is 11.5 Å². The maximum absolute atomic E-state index is 10.6. The van der Waals surface area contributed by atoms with Crippen molar-refractivity contribution in [1.82, 2.24) is 5.32 Å². The number of phenols is 1. The summed E-state index contributed by atoms with van der Waals surface area (Å²) in [6.45, 7) is 6.36. The van der Waals surface area contributed by atoms with Gasteiger partial charge in [0.1, 0.15) is 11.5 Å². The molecule has 0 saturated heterocycles. The van der Waals surface area contributed by atoms with Crippen LogP contribution in [0.5, 0.6) is 11.5 Å². The van der Waals surface area contributed by atoms with Gasteiger partial charge in [-0.25, -0.2) is 0 Å². The second kappa shape index (κ2) is 10.3. The number of aryl methyl sites for hydroxylation is 2. The molecule has 2 atom stereocenters. The molecule has 0 unspecified atom stereocenters. The quantitative estimate of drug-likeness (QED) is 0.432. The molecule has 0 fully saturated rings. The number of methoxy groups -OCH3 is 1. The third-order valence-corrected chi connectivity index (χ3v) is 5.58. The van der Waals surface area contributed by atoms with Gasteiger partial charge in [0.25, 0.3) is 0 Å². The number of hydrogen-bond acceptors (Lipinski definition) is 3. The number of rotatable bonds is 9. The van der Waals surface area contributed by atoms with Crippen molar-refractivity contribution in [2.45, 2.75) is 52.1 Å². The molecular weight excluding hydrogens is 370 g/mol. The van der Waals surface area contributed by atoms with Crippen molar-refractivity contribution < 1.29 is 9.84 Å². The molecule has 0 spiro atoms. The molecule has 0 amide bonds. The van der Waals surface area contributed by atoms with Gasteiger partial charge in [-0.2, -0.15) is 0 Å². The zero-order valence-corrected chi connectivity index (χ0v) is 18.5. The number of phenolic OH excluding ortho intramolecular Hbond substituents is 1. The smallest absolute Gasteiger partial charge is 0.123 e. The van der Waals surface area contributed by atoms with E-state index in [1.807, 2.05) is 18.2 Å². The molecule has 3 nitrogen and oxygen atoms in total. The van der Waals surface area contributed by atoms with Gasteiger partial charge in [0, 0.05) is 23.2 Å². The number of nitrogens with one attached hydrogen (secondary N) is 1. The Morgan fingerprint density at radius 3 is 2.20 bits per heavy atom. The van der Waals surface area contributed by atoms with Crippen LogP contribution in [0, 0.1) is 13.8 Å². The van der Waals surface area contributed by atoms with Gasteiger partial charge < -0.3 is 15.2 Å². The van der Waals surface area contributed by atoms with Crippen molar-refractivity contribution in [3.63, 3.8) is 0 Å². The molecule has 0 aliphatic heterocycles. The van der Waals surface area contributed by atoms with Crippen LogP contribution < -0.4 is 10.1 Å². The van der Waals surface area contributed by atoms with Crippen LogP contribution in [0.3, 0.4) is 0 Å². The molecular formula is C27H33NO2. The van der Waals surface area contributed by atoms with Crippen molar-refractivity contribution in [3.05, 3.63) is 94.5 Å². The first-order chi connectivity index (χ1) is 14.5. The van der Waals surface area contributed by atoms with Crippen LogP contribution >= 0.6 is 0 Å². The van der Waals surface area contributed by atoms with Gasteiger partial charge in [0.15, 0.2) is 0 Å². The highest BCUT2D eigenvalue weighted by molar-refractivity contribution is 5.42. The largest absolute Gasteiger partial charge is 0.508 e. The molecule has 0 bridgehead atoms. The van der Waals surface area contributed by atoms with E-state index in [2.05, 4.69) is 68.6 Å². The summed E-state index contributed by atoms with van der Waals surface area (Å²) in [7, 11) is 1.73. The predicted molar refractivity (Wildman–Crippen MR) is 124 cm³/mol. The third-order valence-electron chi connectivity index (χ3n) is 5.58. The van der Waals surface area contributed by atoms with E-state index in [9.17, 15) is 5.11 Å². The molecule has 2 N–H and O–H groups in total. The fraction of sp³-hybridized carbons (Fsp3) is 0.333. The van der Waals surface area contributed by atoms with Crippen LogP contribution in [0.2, 0.25) is 0 Å². The van der Waals surface area contributed by atoms with E-state index in [1.54, 1.807) is 13.2 Å². The maximum atomic E-state index is 10.6. The van der Waals surface area contributed by atoms with E-state index in [0.717, 1.165) is 41.7 Å². The highest BCUT2D eigenvalue weighted by Gasteiger charge is 2.23. The third kappa shape index (κ3) is 5.43. The normalized spacial score (nSPS) is 13.1. The van der Waals surface area contributed by atoms with Crippen LogP contribution in [-0.2, 0) is 6.42 Å². The summed E-state index contributed by atoms with van der Waals surface area (Å²) in [5, 5.41) is 14.5. The molecule has 3 rings (SSSR count). The maximum Gasteiger partial charge on any atom is 0.123 e. The lowest BCUT2D eigenvalue weighted by Gasteiger charge is -2.28.